The van der Waals surface area contributed by atoms with Crippen molar-refractivity contribution in [2.24, 2.45) is 0 Å². The van der Waals surface area contributed by atoms with Gasteiger partial charge in [0.05, 0.1) is 60.0 Å². The molecule has 1 saturated heterocycles. The van der Waals surface area contributed by atoms with Gasteiger partial charge in [-0.05, 0) is 29.8 Å². The summed E-state index contributed by atoms with van der Waals surface area (Å²) in [7, 11) is 0. The third kappa shape index (κ3) is 4.85. The van der Waals surface area contributed by atoms with E-state index in [4.69, 9.17) is 33.3 Å². The minimum absolute atomic E-state index is 0. The molecule has 162 valence electrons. The van der Waals surface area contributed by atoms with E-state index < -0.39 is 6.10 Å². The van der Waals surface area contributed by atoms with Gasteiger partial charge in [0.1, 0.15) is 13.1 Å². The molecule has 1 aliphatic rings. The first-order valence-corrected chi connectivity index (χ1v) is 10.6. The van der Waals surface area contributed by atoms with Crippen molar-refractivity contribution in [3.05, 3.63) is 63.7 Å². The molecule has 9 heteroatoms. The van der Waals surface area contributed by atoms with Gasteiger partial charge in [0.25, 0.3) is 0 Å². The topological polar surface area (TPSA) is 67.6 Å². The van der Waals surface area contributed by atoms with Crippen LogP contribution in [0.2, 0.25) is 10.0 Å². The minimum atomic E-state index is -0.789. The number of aromatic nitrogens is 2. The molecule has 1 unspecified atom stereocenters. The Morgan fingerprint density at radius 3 is 2.37 bits per heavy atom. The van der Waals surface area contributed by atoms with E-state index in [9.17, 15) is 5.11 Å². The van der Waals surface area contributed by atoms with E-state index in [-0.39, 0.29) is 19.0 Å². The lowest BCUT2D eigenvalue weighted by Crippen LogP contribution is -3.14. The molecular formula is C21H25Cl3N4O2. The van der Waals surface area contributed by atoms with Crippen molar-refractivity contribution in [1.29, 1.82) is 5.41 Å². The van der Waals surface area contributed by atoms with Crippen LogP contribution in [0.5, 0.6) is 0 Å². The van der Waals surface area contributed by atoms with Gasteiger partial charge in [0.2, 0.25) is 5.62 Å². The minimum Gasteiger partial charge on any atom is -1.00 e. The molecule has 30 heavy (non-hydrogen) atoms. The van der Waals surface area contributed by atoms with Crippen molar-refractivity contribution >= 4 is 34.2 Å². The number of benzene rings is 2. The normalized spacial score (nSPS) is 15.8. The van der Waals surface area contributed by atoms with E-state index in [0.29, 0.717) is 21.2 Å². The number of nitrogens with one attached hydrogen (secondary N) is 2. The predicted octanol–water partition coefficient (Wildman–Crippen LogP) is -1.12. The second-order valence-corrected chi connectivity index (χ2v) is 8.19. The molecule has 4 rings (SSSR count). The van der Waals surface area contributed by atoms with E-state index in [1.165, 1.54) is 4.90 Å². The van der Waals surface area contributed by atoms with Crippen LogP contribution in [0.25, 0.3) is 11.0 Å². The fourth-order valence-corrected chi connectivity index (χ4v) is 4.19. The highest BCUT2D eigenvalue weighted by molar-refractivity contribution is 6.42. The van der Waals surface area contributed by atoms with Crippen LogP contribution in [0.4, 0.5) is 0 Å². The second kappa shape index (κ2) is 10.2. The zero-order valence-corrected chi connectivity index (χ0v) is 18.7. The van der Waals surface area contributed by atoms with Crippen molar-refractivity contribution in [2.45, 2.75) is 19.2 Å². The van der Waals surface area contributed by atoms with Gasteiger partial charge in [-0.2, -0.15) is 0 Å². The van der Waals surface area contributed by atoms with Crippen molar-refractivity contribution in [3.8, 4) is 0 Å². The molecule has 1 atom stereocenters. The van der Waals surface area contributed by atoms with Crippen molar-refractivity contribution in [1.82, 2.24) is 9.13 Å². The van der Waals surface area contributed by atoms with Gasteiger partial charge >= 0.3 is 0 Å². The number of halogens is 3. The summed E-state index contributed by atoms with van der Waals surface area (Å²) in [6.45, 7) is 5.57. The van der Waals surface area contributed by atoms with Gasteiger partial charge in [-0.3, -0.25) is 5.41 Å². The average Bonchev–Trinajstić information content (AvgIpc) is 3.00. The van der Waals surface area contributed by atoms with Gasteiger partial charge in [0.15, 0.2) is 0 Å². The first-order chi connectivity index (χ1) is 14.0. The van der Waals surface area contributed by atoms with Gasteiger partial charge in [-0.15, -0.1) is 0 Å². The third-order valence-corrected chi connectivity index (χ3v) is 6.29. The molecule has 1 aromatic heterocycles. The number of aliphatic hydroxyl groups excluding tert-OH is 1. The standard InChI is InChI=1S/C21H24Cl2N4O2.ClH/c22-16-6-5-15(13-17(16)23)20(28)14-27-19-4-2-1-3-18(19)26(21(27)24)8-7-25-9-11-29-12-10-25;/h1-6,13,20,24,28H,7-12,14H2;1H. The Labute approximate surface area is 191 Å². The molecule has 0 aliphatic carbocycles. The number of ether oxygens (including phenoxy) is 1. The molecule has 0 bridgehead atoms. The average molecular weight is 472 g/mol. The monoisotopic (exact) mass is 470 g/mol. The number of nitrogens with zero attached hydrogens (tertiary/aromatic N) is 2. The molecule has 1 aliphatic heterocycles. The summed E-state index contributed by atoms with van der Waals surface area (Å²) in [5.74, 6) is 0. The number of aliphatic hydroxyl groups is 1. The van der Waals surface area contributed by atoms with Crippen LogP contribution in [0.1, 0.15) is 11.7 Å². The van der Waals surface area contributed by atoms with Gasteiger partial charge in [-0.1, -0.05) is 41.4 Å². The number of hydrogen-bond acceptors (Lipinski definition) is 3. The molecule has 0 radical (unpaired) electrons. The SMILES string of the molecule is N=c1n(CC[NH+]2CCOCC2)c2ccccc2n1CC(O)c1ccc(Cl)c(Cl)c1.[Cl-]. The Hall–Kier alpha value is -1.54. The number of quaternary nitrogens is 1. The molecule has 0 amide bonds. The Morgan fingerprint density at radius 1 is 1.03 bits per heavy atom. The highest BCUT2D eigenvalue weighted by Crippen LogP contribution is 2.26. The Morgan fingerprint density at radius 2 is 1.70 bits per heavy atom. The van der Waals surface area contributed by atoms with E-state index in [0.717, 1.165) is 50.4 Å². The van der Waals surface area contributed by atoms with E-state index in [2.05, 4.69) is 0 Å². The maximum Gasteiger partial charge on any atom is 0.203 e. The van der Waals surface area contributed by atoms with Crippen LogP contribution in [-0.2, 0) is 17.8 Å². The largest absolute Gasteiger partial charge is 1.00 e. The quantitative estimate of drug-likeness (QED) is 0.426. The molecule has 2 aromatic carbocycles. The summed E-state index contributed by atoms with van der Waals surface area (Å²) >= 11 is 12.1. The van der Waals surface area contributed by atoms with Crippen molar-refractivity contribution in [3.63, 3.8) is 0 Å². The summed E-state index contributed by atoms with van der Waals surface area (Å²) in [5, 5.41) is 20.4. The van der Waals surface area contributed by atoms with Crippen LogP contribution in [0.3, 0.4) is 0 Å². The van der Waals surface area contributed by atoms with Crippen LogP contribution in [-0.4, -0.2) is 47.1 Å². The smallest absolute Gasteiger partial charge is 0.203 e. The zero-order chi connectivity index (χ0) is 20.4. The van der Waals surface area contributed by atoms with E-state index >= 15 is 0 Å². The summed E-state index contributed by atoms with van der Waals surface area (Å²) in [6, 6.07) is 13.1. The van der Waals surface area contributed by atoms with E-state index in [1.807, 2.05) is 33.4 Å². The van der Waals surface area contributed by atoms with Crippen molar-refractivity contribution < 1.29 is 27.2 Å². The maximum absolute atomic E-state index is 10.8. The highest BCUT2D eigenvalue weighted by atomic mass is 35.5. The fourth-order valence-electron chi connectivity index (χ4n) is 3.88. The maximum atomic E-state index is 10.8. The highest BCUT2D eigenvalue weighted by Gasteiger charge is 2.18. The molecule has 3 N–H and O–H groups in total. The molecule has 0 saturated carbocycles. The summed E-state index contributed by atoms with van der Waals surface area (Å²) < 4.78 is 9.32. The molecule has 6 nitrogen and oxygen atoms in total. The summed E-state index contributed by atoms with van der Waals surface area (Å²) in [6.07, 6.45) is -0.789. The molecule has 2 heterocycles. The number of rotatable bonds is 6. The summed E-state index contributed by atoms with van der Waals surface area (Å²) in [4.78, 5) is 1.50. The van der Waals surface area contributed by atoms with Gasteiger partial charge < -0.3 is 36.3 Å². The molecule has 3 aromatic rings. The van der Waals surface area contributed by atoms with Crippen molar-refractivity contribution in [2.75, 3.05) is 32.8 Å². The number of fused-ring (bicyclic) bond motifs is 1. The Balaban J connectivity index is 0.00000256. The molecule has 0 spiro atoms. The van der Waals surface area contributed by atoms with Crippen LogP contribution in [0.15, 0.2) is 42.5 Å². The number of imidazole rings is 1. The van der Waals surface area contributed by atoms with Gasteiger partial charge in [0, 0.05) is 0 Å². The summed E-state index contributed by atoms with van der Waals surface area (Å²) in [5.41, 5.74) is 3.01. The third-order valence-electron chi connectivity index (χ3n) is 5.55. The lowest BCUT2D eigenvalue weighted by Gasteiger charge is -2.23. The number of morpholine rings is 1. The predicted molar refractivity (Wildman–Crippen MR) is 114 cm³/mol. The molecular weight excluding hydrogens is 447 g/mol. The first-order valence-electron chi connectivity index (χ1n) is 9.81. The second-order valence-electron chi connectivity index (χ2n) is 7.38. The zero-order valence-electron chi connectivity index (χ0n) is 16.5. The molecule has 1 fully saturated rings. The number of para-hydroxylation sites is 2. The Kier molecular flexibility index (Phi) is 7.85. The Bertz CT molecular complexity index is 1060. The van der Waals surface area contributed by atoms with Crippen LogP contribution in [0, 0.1) is 5.41 Å². The van der Waals surface area contributed by atoms with Crippen LogP contribution < -0.4 is 22.9 Å². The van der Waals surface area contributed by atoms with Gasteiger partial charge in [-0.25, -0.2) is 0 Å². The number of hydrogen-bond donors (Lipinski definition) is 3. The lowest BCUT2D eigenvalue weighted by atomic mass is 10.1. The van der Waals surface area contributed by atoms with Crippen LogP contribution >= 0.6 is 23.2 Å². The fraction of sp³-hybridized carbons (Fsp3) is 0.381. The first kappa shape index (κ1) is 23.1. The van der Waals surface area contributed by atoms with E-state index in [1.54, 1.807) is 18.2 Å². The lowest BCUT2D eigenvalue weighted by molar-refractivity contribution is -0.908.